The Balaban J connectivity index is 3.96. The second-order valence-electron chi connectivity index (χ2n) is 2.27. The Morgan fingerprint density at radius 3 is 1.55 bits per heavy atom. The number of aliphatic hydroxyl groups excluding tert-OH is 2. The summed E-state index contributed by atoms with van der Waals surface area (Å²) in [5, 5.41) is 17.6. The van der Waals surface area contributed by atoms with Crippen LogP contribution in [0.5, 0.6) is 0 Å². The minimum atomic E-state index is 0.0174. The van der Waals surface area contributed by atoms with Crippen LogP contribution < -0.4 is 0 Å². The first-order valence-electron chi connectivity index (χ1n) is 3.56. The summed E-state index contributed by atoms with van der Waals surface area (Å²) in [7, 11) is 0. The van der Waals surface area contributed by atoms with Crippen LogP contribution in [-0.4, -0.2) is 40.0 Å². The molecule has 0 atom stereocenters. The predicted octanol–water partition coefficient (Wildman–Crippen LogP) is 1.17. The number of hydrogen-bond acceptors (Lipinski definition) is 4. The average molecular weight is 196 g/mol. The maximum absolute atomic E-state index is 8.78. The molecule has 0 radical (unpaired) electrons. The van der Waals surface area contributed by atoms with E-state index in [1.807, 2.05) is 12.5 Å². The van der Waals surface area contributed by atoms with E-state index < -0.39 is 0 Å². The molecule has 0 saturated heterocycles. The molecule has 0 unspecified atom stereocenters. The molecule has 0 saturated carbocycles. The minimum Gasteiger partial charge on any atom is -0.396 e. The molecule has 0 aromatic heterocycles. The SMILES string of the molecule is CSC(CCO)(CCO)SC. The lowest BCUT2D eigenvalue weighted by molar-refractivity contribution is 0.254. The lowest BCUT2D eigenvalue weighted by Gasteiger charge is -2.28. The van der Waals surface area contributed by atoms with Gasteiger partial charge in [-0.2, -0.15) is 0 Å². The standard InChI is InChI=1S/C7H16O2S2/c1-10-7(11-2,3-5-8)4-6-9/h8-9H,3-6H2,1-2H3. The molecule has 0 aliphatic rings. The van der Waals surface area contributed by atoms with Gasteiger partial charge in [0.1, 0.15) is 0 Å². The van der Waals surface area contributed by atoms with Crippen molar-refractivity contribution in [2.75, 3.05) is 25.7 Å². The van der Waals surface area contributed by atoms with Crippen LogP contribution in [0.15, 0.2) is 0 Å². The highest BCUT2D eigenvalue weighted by Crippen LogP contribution is 2.39. The monoisotopic (exact) mass is 196 g/mol. The average Bonchev–Trinajstić information content (AvgIpc) is 2.04. The molecule has 68 valence electrons. The van der Waals surface area contributed by atoms with Crippen molar-refractivity contribution < 1.29 is 10.2 Å². The van der Waals surface area contributed by atoms with E-state index in [4.69, 9.17) is 10.2 Å². The fourth-order valence-electron chi connectivity index (χ4n) is 0.957. The Morgan fingerprint density at radius 2 is 1.36 bits per heavy atom. The Kier molecular flexibility index (Phi) is 6.52. The lowest BCUT2D eigenvalue weighted by Crippen LogP contribution is -2.22. The van der Waals surface area contributed by atoms with E-state index in [0.29, 0.717) is 0 Å². The molecule has 4 heteroatoms. The zero-order valence-corrected chi connectivity index (χ0v) is 8.67. The van der Waals surface area contributed by atoms with E-state index in [-0.39, 0.29) is 17.3 Å². The normalized spacial score (nSPS) is 12.0. The van der Waals surface area contributed by atoms with Gasteiger partial charge in [0.05, 0.1) is 4.08 Å². The van der Waals surface area contributed by atoms with E-state index in [0.717, 1.165) is 12.8 Å². The van der Waals surface area contributed by atoms with Gasteiger partial charge in [-0.1, -0.05) is 0 Å². The van der Waals surface area contributed by atoms with Gasteiger partial charge >= 0.3 is 0 Å². The Labute approximate surface area is 76.8 Å². The molecule has 0 aliphatic heterocycles. The number of rotatable bonds is 6. The van der Waals surface area contributed by atoms with Crippen molar-refractivity contribution in [3.05, 3.63) is 0 Å². The molecule has 2 nitrogen and oxygen atoms in total. The molecule has 0 heterocycles. The summed E-state index contributed by atoms with van der Waals surface area (Å²) in [4.78, 5) is 0. The van der Waals surface area contributed by atoms with Crippen LogP contribution in [0.25, 0.3) is 0 Å². The fourth-order valence-corrected chi connectivity index (χ4v) is 2.81. The summed E-state index contributed by atoms with van der Waals surface area (Å²) in [6, 6.07) is 0. The molecule has 0 aromatic rings. The first-order chi connectivity index (χ1) is 5.24. The number of thioether (sulfide) groups is 2. The van der Waals surface area contributed by atoms with Crippen LogP contribution in [0.2, 0.25) is 0 Å². The van der Waals surface area contributed by atoms with Crippen LogP contribution in [0.3, 0.4) is 0 Å². The third kappa shape index (κ3) is 3.69. The molecule has 2 N–H and O–H groups in total. The van der Waals surface area contributed by atoms with E-state index >= 15 is 0 Å². The van der Waals surface area contributed by atoms with Crippen LogP contribution in [0.4, 0.5) is 0 Å². The first-order valence-corrected chi connectivity index (χ1v) is 6.01. The predicted molar refractivity (Wildman–Crippen MR) is 53.2 cm³/mol. The largest absolute Gasteiger partial charge is 0.396 e. The molecule has 0 amide bonds. The molecule has 11 heavy (non-hydrogen) atoms. The van der Waals surface area contributed by atoms with Crippen LogP contribution in [-0.2, 0) is 0 Å². The topological polar surface area (TPSA) is 40.5 Å². The van der Waals surface area contributed by atoms with Crippen LogP contribution in [0, 0.1) is 0 Å². The molecular formula is C7H16O2S2. The first kappa shape index (κ1) is 11.6. The second kappa shape index (κ2) is 6.17. The third-order valence-electron chi connectivity index (χ3n) is 1.73. The Morgan fingerprint density at radius 1 is 1.00 bits per heavy atom. The van der Waals surface area contributed by atoms with E-state index in [1.54, 1.807) is 23.5 Å². The third-order valence-corrected chi connectivity index (χ3v) is 5.03. The van der Waals surface area contributed by atoms with Crippen molar-refractivity contribution in [1.82, 2.24) is 0 Å². The summed E-state index contributed by atoms with van der Waals surface area (Å²) in [5.74, 6) is 0. The summed E-state index contributed by atoms with van der Waals surface area (Å²) in [5.41, 5.74) is 0. The number of hydrogen-bond donors (Lipinski definition) is 2. The van der Waals surface area contributed by atoms with Crippen molar-refractivity contribution >= 4 is 23.5 Å². The van der Waals surface area contributed by atoms with E-state index in [1.165, 1.54) is 0 Å². The van der Waals surface area contributed by atoms with Gasteiger partial charge in [0.15, 0.2) is 0 Å². The molecule has 0 bridgehead atoms. The van der Waals surface area contributed by atoms with Crippen molar-refractivity contribution in [1.29, 1.82) is 0 Å². The highest BCUT2D eigenvalue weighted by Gasteiger charge is 2.26. The summed E-state index contributed by atoms with van der Waals surface area (Å²) in [6.07, 6.45) is 5.52. The van der Waals surface area contributed by atoms with Crippen molar-refractivity contribution in [2.45, 2.75) is 16.9 Å². The fraction of sp³-hybridized carbons (Fsp3) is 1.00. The molecule has 0 fully saturated rings. The molecule has 0 spiro atoms. The molecule has 0 aliphatic carbocycles. The van der Waals surface area contributed by atoms with Gasteiger partial charge in [-0.3, -0.25) is 0 Å². The van der Waals surface area contributed by atoms with Crippen molar-refractivity contribution in [2.24, 2.45) is 0 Å². The van der Waals surface area contributed by atoms with E-state index in [2.05, 4.69) is 0 Å². The smallest absolute Gasteiger partial charge is 0.0649 e. The van der Waals surface area contributed by atoms with Crippen molar-refractivity contribution in [3.63, 3.8) is 0 Å². The highest BCUT2D eigenvalue weighted by molar-refractivity contribution is 8.17. The number of aliphatic hydroxyl groups is 2. The molecular weight excluding hydrogens is 180 g/mol. The lowest BCUT2D eigenvalue weighted by atomic mass is 10.2. The van der Waals surface area contributed by atoms with E-state index in [9.17, 15) is 0 Å². The van der Waals surface area contributed by atoms with Crippen LogP contribution in [0.1, 0.15) is 12.8 Å². The van der Waals surface area contributed by atoms with Gasteiger partial charge in [-0.05, 0) is 25.4 Å². The van der Waals surface area contributed by atoms with Gasteiger partial charge in [-0.15, -0.1) is 23.5 Å². The quantitative estimate of drug-likeness (QED) is 0.626. The maximum Gasteiger partial charge on any atom is 0.0649 e. The van der Waals surface area contributed by atoms with Gasteiger partial charge in [0.2, 0.25) is 0 Å². The summed E-state index contributed by atoms with van der Waals surface area (Å²) >= 11 is 3.42. The van der Waals surface area contributed by atoms with Crippen molar-refractivity contribution in [3.8, 4) is 0 Å². The zero-order valence-electron chi connectivity index (χ0n) is 7.04. The maximum atomic E-state index is 8.78. The van der Waals surface area contributed by atoms with Crippen LogP contribution >= 0.6 is 23.5 Å². The zero-order chi connectivity index (χ0) is 8.74. The Hall–Kier alpha value is 0.620. The molecule has 0 aromatic carbocycles. The summed E-state index contributed by atoms with van der Waals surface area (Å²) in [6.45, 7) is 0.392. The molecule has 0 rings (SSSR count). The second-order valence-corrected chi connectivity index (χ2v) is 4.90. The van der Waals surface area contributed by atoms with Gasteiger partial charge in [0.25, 0.3) is 0 Å². The Bertz CT molecular complexity index is 86.4. The van der Waals surface area contributed by atoms with Gasteiger partial charge in [-0.25, -0.2) is 0 Å². The van der Waals surface area contributed by atoms with Gasteiger partial charge in [0, 0.05) is 13.2 Å². The summed E-state index contributed by atoms with van der Waals surface area (Å²) < 4.78 is 0.0174. The minimum absolute atomic E-state index is 0.0174. The highest BCUT2D eigenvalue weighted by atomic mass is 32.2. The van der Waals surface area contributed by atoms with Gasteiger partial charge < -0.3 is 10.2 Å².